The number of hydrogen-bond donors (Lipinski definition) is 0. The van der Waals surface area contributed by atoms with Gasteiger partial charge in [0, 0.05) is 53.8 Å². The molecule has 0 amide bonds. The molecule has 0 N–H and O–H groups in total. The summed E-state index contributed by atoms with van der Waals surface area (Å²) >= 11 is 0. The Morgan fingerprint density at radius 2 is 2.00 bits per heavy atom. The van der Waals surface area contributed by atoms with Gasteiger partial charge in [-0.3, -0.25) is 0 Å². The minimum Gasteiger partial charge on any atom is -0.358 e. The Balaban J connectivity index is -0.000000120. The van der Waals surface area contributed by atoms with Crippen molar-refractivity contribution >= 4 is 0 Å². The fourth-order valence-corrected chi connectivity index (χ4v) is 0.825. The topological polar surface area (TPSA) is 0 Å². The molecule has 0 aliphatic heterocycles. The predicted octanol–water partition coefficient (Wildman–Crippen LogP) is 2.27. The van der Waals surface area contributed by atoms with Crippen LogP contribution < -0.4 is 0 Å². The third-order valence-electron chi connectivity index (χ3n) is 1.28. The van der Waals surface area contributed by atoms with Crippen molar-refractivity contribution in [3.05, 3.63) is 20.8 Å². The molecule has 1 aliphatic carbocycles. The molecule has 1 saturated carbocycles. The van der Waals surface area contributed by atoms with Gasteiger partial charge in [0.25, 0.3) is 0 Å². The molecule has 0 aromatic rings. The molecule has 0 bridgehead atoms. The van der Waals surface area contributed by atoms with Gasteiger partial charge in [-0.25, -0.2) is 6.42 Å². The van der Waals surface area contributed by atoms with Gasteiger partial charge in [0.15, 0.2) is 0 Å². The van der Waals surface area contributed by atoms with E-state index >= 15 is 0 Å². The quantitative estimate of drug-likeness (QED) is 0.575. The Hall–Kier alpha value is 1.79. The SMILES string of the molecule is [CH2-]C1C[CH-]CC1.[CH3-].[W].[Y]. The van der Waals surface area contributed by atoms with E-state index in [2.05, 4.69) is 13.3 Å². The van der Waals surface area contributed by atoms with Crippen molar-refractivity contribution in [1.82, 2.24) is 0 Å². The van der Waals surface area contributed by atoms with Crippen LogP contribution in [0, 0.1) is 26.7 Å². The minimum absolute atomic E-state index is 0. The fraction of sp³-hybridized carbons (Fsp3) is 0.571. The molecule has 1 fully saturated rings. The average molecular weight is 370 g/mol. The Bertz CT molecular complexity index is 42.2. The molecule has 1 rings (SSSR count). The van der Waals surface area contributed by atoms with Crippen LogP contribution in [0.2, 0.25) is 0 Å². The zero-order chi connectivity index (χ0) is 4.41. The molecule has 0 spiro atoms. The molecule has 1 aliphatic rings. The van der Waals surface area contributed by atoms with Gasteiger partial charge in [-0.1, -0.05) is 0 Å². The van der Waals surface area contributed by atoms with Crippen molar-refractivity contribution in [3.8, 4) is 0 Å². The smallest absolute Gasteiger partial charge is 0 e. The fourth-order valence-electron chi connectivity index (χ4n) is 0.825. The first-order valence-corrected chi connectivity index (χ1v) is 2.54. The van der Waals surface area contributed by atoms with E-state index in [1.165, 1.54) is 19.3 Å². The first-order valence-electron chi connectivity index (χ1n) is 2.54. The van der Waals surface area contributed by atoms with Gasteiger partial charge in [-0.2, -0.15) is 12.3 Å². The molecule has 1 unspecified atom stereocenters. The van der Waals surface area contributed by atoms with E-state index in [0.29, 0.717) is 0 Å². The second-order valence-electron chi connectivity index (χ2n) is 1.97. The van der Waals surface area contributed by atoms with E-state index < -0.39 is 0 Å². The molecule has 0 aromatic carbocycles. The normalized spacial score (nSPS) is 23.0. The number of rotatable bonds is 0. The van der Waals surface area contributed by atoms with Crippen LogP contribution in [-0.4, -0.2) is 0 Å². The maximum Gasteiger partial charge on any atom is 0 e. The van der Waals surface area contributed by atoms with Crippen molar-refractivity contribution in [3.63, 3.8) is 0 Å². The van der Waals surface area contributed by atoms with Crippen molar-refractivity contribution in [2.24, 2.45) is 5.92 Å². The Kier molecular flexibility index (Phi) is 18.5. The van der Waals surface area contributed by atoms with Crippen LogP contribution in [0.5, 0.6) is 0 Å². The van der Waals surface area contributed by atoms with Crippen LogP contribution in [0.15, 0.2) is 0 Å². The second kappa shape index (κ2) is 9.79. The summed E-state index contributed by atoms with van der Waals surface area (Å²) in [5, 5.41) is 0. The summed E-state index contributed by atoms with van der Waals surface area (Å²) in [6, 6.07) is 0. The van der Waals surface area contributed by atoms with Gasteiger partial charge < -0.3 is 20.8 Å². The molecule has 1 atom stereocenters. The molecular formula is C7H13WY-3. The van der Waals surface area contributed by atoms with Crippen molar-refractivity contribution < 1.29 is 53.8 Å². The van der Waals surface area contributed by atoms with Gasteiger partial charge in [0.1, 0.15) is 0 Å². The van der Waals surface area contributed by atoms with Gasteiger partial charge >= 0.3 is 0 Å². The average Bonchev–Trinajstić information content (AvgIpc) is 1.86. The van der Waals surface area contributed by atoms with E-state index in [1.54, 1.807) is 0 Å². The monoisotopic (exact) mass is 370 g/mol. The first-order chi connectivity index (χ1) is 2.89. The summed E-state index contributed by atoms with van der Waals surface area (Å²) in [7, 11) is 0. The first kappa shape index (κ1) is 17.0. The van der Waals surface area contributed by atoms with Gasteiger partial charge in [-0.15, -0.1) is 6.42 Å². The zero-order valence-corrected chi connectivity index (χ0v) is 11.7. The van der Waals surface area contributed by atoms with Gasteiger partial charge in [-0.05, 0) is 0 Å². The van der Waals surface area contributed by atoms with Crippen LogP contribution in [-0.2, 0) is 53.8 Å². The summed E-state index contributed by atoms with van der Waals surface area (Å²) in [5.41, 5.74) is 0. The number of hydrogen-bond acceptors (Lipinski definition) is 0. The van der Waals surface area contributed by atoms with E-state index in [4.69, 9.17) is 0 Å². The van der Waals surface area contributed by atoms with Crippen molar-refractivity contribution in [2.75, 3.05) is 0 Å². The molecule has 0 aromatic heterocycles. The Morgan fingerprint density at radius 3 is 2.11 bits per heavy atom. The van der Waals surface area contributed by atoms with Crippen LogP contribution in [0.1, 0.15) is 19.3 Å². The maximum atomic E-state index is 3.91. The third-order valence-corrected chi connectivity index (χ3v) is 1.28. The van der Waals surface area contributed by atoms with Crippen LogP contribution in [0.4, 0.5) is 0 Å². The Labute approximate surface area is 98.7 Å². The largest absolute Gasteiger partial charge is 0.358 e. The van der Waals surface area contributed by atoms with Crippen molar-refractivity contribution in [1.29, 1.82) is 0 Å². The summed E-state index contributed by atoms with van der Waals surface area (Å²) < 4.78 is 0. The molecule has 53 valence electrons. The standard InChI is InChI=1S/C6H10.CH3.W.Y/c1-6-4-2-3-5-6;;;/h2,6H,1,3-5H2;1H3;;/q-2;-1;;. The molecule has 9 heavy (non-hydrogen) atoms. The zero-order valence-electron chi connectivity index (χ0n) is 5.97. The molecule has 0 heterocycles. The molecule has 0 nitrogen and oxygen atoms in total. The molecule has 2 heteroatoms. The summed E-state index contributed by atoms with van der Waals surface area (Å²) in [5.74, 6) is 0.741. The van der Waals surface area contributed by atoms with Crippen LogP contribution >= 0.6 is 0 Å². The summed E-state index contributed by atoms with van der Waals surface area (Å²) in [6.07, 6.45) is 6.19. The summed E-state index contributed by atoms with van der Waals surface area (Å²) in [6.45, 7) is 3.91. The molecule has 0 saturated heterocycles. The van der Waals surface area contributed by atoms with Gasteiger partial charge in [0.05, 0.1) is 0 Å². The molecular weight excluding hydrogens is 357 g/mol. The second-order valence-corrected chi connectivity index (χ2v) is 1.97. The van der Waals surface area contributed by atoms with Crippen molar-refractivity contribution in [2.45, 2.75) is 19.3 Å². The Morgan fingerprint density at radius 1 is 1.44 bits per heavy atom. The van der Waals surface area contributed by atoms with Crippen LogP contribution in [0.3, 0.4) is 0 Å². The predicted molar refractivity (Wildman–Crippen MR) is 33.4 cm³/mol. The van der Waals surface area contributed by atoms with E-state index in [1.807, 2.05) is 0 Å². The van der Waals surface area contributed by atoms with E-state index in [0.717, 1.165) is 5.92 Å². The third kappa shape index (κ3) is 7.69. The van der Waals surface area contributed by atoms with E-state index in [-0.39, 0.29) is 61.2 Å². The van der Waals surface area contributed by atoms with Crippen LogP contribution in [0.25, 0.3) is 0 Å². The summed E-state index contributed by atoms with van der Waals surface area (Å²) in [4.78, 5) is 0. The maximum absolute atomic E-state index is 3.91. The molecule has 1 radical (unpaired) electrons. The minimum atomic E-state index is 0. The van der Waals surface area contributed by atoms with E-state index in [9.17, 15) is 0 Å². The van der Waals surface area contributed by atoms with Gasteiger partial charge in [0.2, 0.25) is 0 Å².